The number of hydrogen-bond donors (Lipinski definition) is 1. The fourth-order valence-corrected chi connectivity index (χ4v) is 3.29. The SMILES string of the molecule is O=C1OCC2C3OS(=O)(=O)OC3C(O)CN12. The maximum absolute atomic E-state index is 11.3. The van der Waals surface area contributed by atoms with Gasteiger partial charge in [0.1, 0.15) is 24.9 Å². The summed E-state index contributed by atoms with van der Waals surface area (Å²) in [6, 6.07) is -0.516. The van der Waals surface area contributed by atoms with Gasteiger partial charge >= 0.3 is 16.5 Å². The number of piperidine rings is 1. The minimum Gasteiger partial charge on any atom is -0.447 e. The minimum absolute atomic E-state index is 0.0104. The van der Waals surface area contributed by atoms with Crippen LogP contribution in [0.15, 0.2) is 0 Å². The molecule has 3 rings (SSSR count). The first kappa shape index (κ1) is 10.3. The van der Waals surface area contributed by atoms with Gasteiger partial charge < -0.3 is 9.84 Å². The van der Waals surface area contributed by atoms with Crippen molar-refractivity contribution in [3.8, 4) is 0 Å². The number of hydrogen-bond acceptors (Lipinski definition) is 7. The first-order chi connectivity index (χ1) is 7.48. The van der Waals surface area contributed by atoms with Crippen LogP contribution in [0.25, 0.3) is 0 Å². The fraction of sp³-hybridized carbons (Fsp3) is 0.857. The third-order valence-electron chi connectivity index (χ3n) is 2.94. The van der Waals surface area contributed by atoms with Crippen molar-refractivity contribution < 1.29 is 31.4 Å². The molecule has 0 spiro atoms. The summed E-state index contributed by atoms with van der Waals surface area (Å²) >= 11 is 0. The van der Waals surface area contributed by atoms with Gasteiger partial charge in [-0.15, -0.1) is 0 Å². The molecule has 3 saturated heterocycles. The molecule has 0 saturated carbocycles. The molecule has 3 aliphatic rings. The summed E-state index contributed by atoms with van der Waals surface area (Å²) in [6.07, 6.45) is -3.51. The van der Waals surface area contributed by atoms with E-state index in [1.54, 1.807) is 0 Å². The Bertz CT molecular complexity index is 434. The van der Waals surface area contributed by atoms with Crippen LogP contribution in [0.4, 0.5) is 4.79 Å². The third-order valence-corrected chi connectivity index (χ3v) is 3.85. The Labute approximate surface area is 91.0 Å². The molecule has 0 aliphatic carbocycles. The highest BCUT2D eigenvalue weighted by Gasteiger charge is 2.57. The molecule has 9 heteroatoms. The monoisotopic (exact) mass is 251 g/mol. The second kappa shape index (κ2) is 3.06. The average molecular weight is 251 g/mol. The van der Waals surface area contributed by atoms with Gasteiger partial charge in [-0.05, 0) is 0 Å². The van der Waals surface area contributed by atoms with Crippen LogP contribution in [0.5, 0.6) is 0 Å². The molecule has 16 heavy (non-hydrogen) atoms. The molecular formula is C7H9NO7S. The number of rotatable bonds is 0. The lowest BCUT2D eigenvalue weighted by molar-refractivity contribution is -0.0536. The van der Waals surface area contributed by atoms with E-state index in [4.69, 9.17) is 8.92 Å². The smallest absolute Gasteiger partial charge is 0.410 e. The molecule has 0 aromatic rings. The summed E-state index contributed by atoms with van der Waals surface area (Å²) in [5.41, 5.74) is 0. The highest BCUT2D eigenvalue weighted by atomic mass is 32.3. The molecule has 3 aliphatic heterocycles. The van der Waals surface area contributed by atoms with Crippen LogP contribution in [0, 0.1) is 0 Å². The van der Waals surface area contributed by atoms with Crippen molar-refractivity contribution >= 4 is 16.5 Å². The van der Waals surface area contributed by atoms with E-state index in [0.29, 0.717) is 0 Å². The first-order valence-electron chi connectivity index (χ1n) is 4.71. The Hall–Kier alpha value is -0.900. The third kappa shape index (κ3) is 1.32. The van der Waals surface area contributed by atoms with E-state index in [9.17, 15) is 18.3 Å². The Morgan fingerprint density at radius 2 is 2.00 bits per heavy atom. The largest absolute Gasteiger partial charge is 0.447 e. The predicted octanol–water partition coefficient (Wildman–Crippen LogP) is -1.79. The van der Waals surface area contributed by atoms with Crippen molar-refractivity contribution in [2.45, 2.75) is 24.4 Å². The number of carbonyl (C=O) groups is 1. The number of aliphatic hydroxyl groups excluding tert-OH is 1. The normalized spacial score (nSPS) is 45.1. The quantitative estimate of drug-likeness (QED) is 0.542. The predicted molar refractivity (Wildman–Crippen MR) is 46.5 cm³/mol. The fourth-order valence-electron chi connectivity index (χ4n) is 2.22. The van der Waals surface area contributed by atoms with Gasteiger partial charge in [0.05, 0.1) is 12.6 Å². The molecule has 1 amide bonds. The van der Waals surface area contributed by atoms with Crippen molar-refractivity contribution in [2.24, 2.45) is 0 Å². The molecule has 8 nitrogen and oxygen atoms in total. The number of aliphatic hydroxyl groups is 1. The molecule has 0 bridgehead atoms. The highest BCUT2D eigenvalue weighted by Crippen LogP contribution is 2.34. The molecule has 90 valence electrons. The second-order valence-corrected chi connectivity index (χ2v) is 5.10. The van der Waals surface area contributed by atoms with E-state index in [2.05, 4.69) is 4.18 Å². The van der Waals surface area contributed by atoms with Crippen molar-refractivity contribution in [1.29, 1.82) is 0 Å². The van der Waals surface area contributed by atoms with Crippen LogP contribution in [0.3, 0.4) is 0 Å². The summed E-state index contributed by atoms with van der Waals surface area (Å²) in [5.74, 6) is 0. The molecule has 4 unspecified atom stereocenters. The molecule has 3 fully saturated rings. The van der Waals surface area contributed by atoms with E-state index in [-0.39, 0.29) is 13.2 Å². The van der Waals surface area contributed by atoms with Crippen molar-refractivity contribution in [3.63, 3.8) is 0 Å². The number of ether oxygens (including phenoxy) is 1. The van der Waals surface area contributed by atoms with Gasteiger partial charge in [0.25, 0.3) is 0 Å². The maximum atomic E-state index is 11.3. The second-order valence-electron chi connectivity index (χ2n) is 3.89. The molecule has 4 atom stereocenters. The lowest BCUT2D eigenvalue weighted by Gasteiger charge is -2.35. The average Bonchev–Trinajstić information content (AvgIpc) is 2.68. The summed E-state index contributed by atoms with van der Waals surface area (Å²) in [7, 11) is -4.07. The van der Waals surface area contributed by atoms with Gasteiger partial charge in [0.15, 0.2) is 0 Å². The summed E-state index contributed by atoms with van der Waals surface area (Å²) in [6.45, 7) is 0.0369. The van der Waals surface area contributed by atoms with Gasteiger partial charge in [-0.1, -0.05) is 0 Å². The minimum atomic E-state index is -4.07. The number of carbonyl (C=O) groups excluding carboxylic acids is 1. The molecule has 0 aromatic heterocycles. The summed E-state index contributed by atoms with van der Waals surface area (Å²) < 4.78 is 36.3. The first-order valence-corrected chi connectivity index (χ1v) is 6.04. The van der Waals surface area contributed by atoms with E-state index in [0.717, 1.165) is 0 Å². The van der Waals surface area contributed by atoms with E-state index in [1.165, 1.54) is 4.90 Å². The van der Waals surface area contributed by atoms with Gasteiger partial charge in [0, 0.05) is 0 Å². The Balaban J connectivity index is 1.94. The zero-order chi connectivity index (χ0) is 11.5. The van der Waals surface area contributed by atoms with Gasteiger partial charge in [0.2, 0.25) is 0 Å². The van der Waals surface area contributed by atoms with Crippen LogP contribution >= 0.6 is 0 Å². The summed E-state index contributed by atoms with van der Waals surface area (Å²) in [5, 5.41) is 9.66. The standard InChI is InChI=1S/C7H9NO7S/c9-4-1-8-3(2-13-7(8)10)5-6(4)15-16(11,12)14-5/h3-6,9H,1-2H2. The molecular weight excluding hydrogens is 242 g/mol. The Morgan fingerprint density at radius 1 is 1.31 bits per heavy atom. The topological polar surface area (TPSA) is 102 Å². The van der Waals surface area contributed by atoms with Crippen molar-refractivity contribution in [2.75, 3.05) is 13.2 Å². The number of cyclic esters (lactones) is 1. The zero-order valence-corrected chi connectivity index (χ0v) is 8.79. The number of amides is 1. The van der Waals surface area contributed by atoms with E-state index >= 15 is 0 Å². The van der Waals surface area contributed by atoms with Gasteiger partial charge in [-0.3, -0.25) is 4.90 Å². The van der Waals surface area contributed by atoms with E-state index < -0.39 is 40.8 Å². The molecule has 0 aromatic carbocycles. The number of nitrogens with zero attached hydrogens (tertiary/aromatic N) is 1. The van der Waals surface area contributed by atoms with Crippen LogP contribution < -0.4 is 0 Å². The van der Waals surface area contributed by atoms with Crippen LogP contribution in [0.2, 0.25) is 0 Å². The lowest BCUT2D eigenvalue weighted by Crippen LogP contribution is -2.59. The van der Waals surface area contributed by atoms with E-state index in [1.807, 2.05) is 0 Å². The Morgan fingerprint density at radius 3 is 2.75 bits per heavy atom. The highest BCUT2D eigenvalue weighted by molar-refractivity contribution is 7.82. The van der Waals surface area contributed by atoms with Gasteiger partial charge in [-0.2, -0.15) is 8.42 Å². The zero-order valence-electron chi connectivity index (χ0n) is 7.98. The summed E-state index contributed by atoms with van der Waals surface area (Å²) in [4.78, 5) is 12.5. The lowest BCUT2D eigenvalue weighted by atomic mass is 9.95. The molecule has 1 N–H and O–H groups in total. The molecule has 0 radical (unpaired) electrons. The number of fused-ring (bicyclic) bond motifs is 3. The van der Waals surface area contributed by atoms with Crippen LogP contribution in [0.1, 0.15) is 0 Å². The van der Waals surface area contributed by atoms with Crippen LogP contribution in [-0.4, -0.2) is 62.0 Å². The van der Waals surface area contributed by atoms with Crippen LogP contribution in [-0.2, 0) is 23.5 Å². The van der Waals surface area contributed by atoms with Gasteiger partial charge in [-0.25, -0.2) is 13.2 Å². The van der Waals surface area contributed by atoms with Crippen molar-refractivity contribution in [3.05, 3.63) is 0 Å². The Kier molecular flexibility index (Phi) is 1.97. The molecule has 3 heterocycles. The van der Waals surface area contributed by atoms with Crippen molar-refractivity contribution in [1.82, 2.24) is 4.90 Å². The maximum Gasteiger partial charge on any atom is 0.410 e.